The summed E-state index contributed by atoms with van der Waals surface area (Å²) in [6, 6.07) is 6.31. The van der Waals surface area contributed by atoms with Gasteiger partial charge in [-0.3, -0.25) is 4.79 Å². The lowest BCUT2D eigenvalue weighted by molar-refractivity contribution is 0.0668. The monoisotopic (exact) mass is 463 g/mol. The van der Waals surface area contributed by atoms with Gasteiger partial charge in [-0.15, -0.1) is 0 Å². The number of sulfonamides is 1. The van der Waals surface area contributed by atoms with Crippen molar-refractivity contribution in [3.63, 3.8) is 0 Å². The highest BCUT2D eigenvalue weighted by molar-refractivity contribution is 7.89. The number of carbonyl (C=O) groups is 1. The second-order valence-corrected chi connectivity index (χ2v) is 11.2. The zero-order chi connectivity index (χ0) is 22.4. The van der Waals surface area contributed by atoms with Gasteiger partial charge in [0.15, 0.2) is 0 Å². The lowest BCUT2D eigenvalue weighted by Crippen LogP contribution is -2.41. The van der Waals surface area contributed by atoms with Crippen LogP contribution in [0, 0.1) is 5.92 Å². The van der Waals surface area contributed by atoms with Crippen molar-refractivity contribution < 1.29 is 17.9 Å². The van der Waals surface area contributed by atoms with E-state index in [2.05, 4.69) is 9.62 Å². The van der Waals surface area contributed by atoms with Gasteiger partial charge in [0.1, 0.15) is 0 Å². The Labute approximate surface area is 192 Å². The summed E-state index contributed by atoms with van der Waals surface area (Å²) in [6.07, 6.45) is 9.23. The highest BCUT2D eigenvalue weighted by Crippen LogP contribution is 2.22. The molecule has 0 aromatic heterocycles. The number of benzene rings is 1. The highest BCUT2D eigenvalue weighted by Gasteiger charge is 2.26. The SMILES string of the molecule is O=C(c1ccc(S(=O)(=O)NCC2CCCO2)cc1)N1CCC(CN2CCCCCC2)CC1. The number of piperidine rings is 1. The van der Waals surface area contributed by atoms with Crippen molar-refractivity contribution in [2.75, 3.05) is 45.9 Å². The number of carbonyl (C=O) groups excluding carboxylic acids is 1. The quantitative estimate of drug-likeness (QED) is 0.673. The summed E-state index contributed by atoms with van der Waals surface area (Å²) in [6.45, 7) is 6.14. The van der Waals surface area contributed by atoms with Crippen LogP contribution in [0.15, 0.2) is 29.2 Å². The Kier molecular flexibility index (Phi) is 8.21. The standard InChI is InChI=1S/C24H37N3O4S/c28-24(27-15-11-20(12-16-27)19-26-13-3-1-2-4-14-26)21-7-9-23(10-8-21)32(29,30)25-18-22-6-5-17-31-22/h7-10,20,22,25H,1-6,11-19H2. The fraction of sp³-hybridized carbons (Fsp3) is 0.708. The van der Waals surface area contributed by atoms with Crippen molar-refractivity contribution in [2.24, 2.45) is 5.92 Å². The number of hydrogen-bond acceptors (Lipinski definition) is 5. The van der Waals surface area contributed by atoms with Crippen molar-refractivity contribution >= 4 is 15.9 Å². The average Bonchev–Trinajstić information content (AvgIpc) is 3.21. The summed E-state index contributed by atoms with van der Waals surface area (Å²) in [5.74, 6) is 0.661. The van der Waals surface area contributed by atoms with E-state index >= 15 is 0 Å². The molecule has 0 saturated carbocycles. The third-order valence-corrected chi connectivity index (χ3v) is 8.49. The summed E-state index contributed by atoms with van der Waals surface area (Å²) < 4.78 is 33.2. The van der Waals surface area contributed by atoms with Gasteiger partial charge in [0, 0.05) is 38.3 Å². The summed E-state index contributed by atoms with van der Waals surface area (Å²) in [5, 5.41) is 0. The zero-order valence-corrected chi connectivity index (χ0v) is 19.8. The Bertz CT molecular complexity index is 837. The molecule has 0 spiro atoms. The maximum atomic E-state index is 12.9. The van der Waals surface area contributed by atoms with Crippen LogP contribution in [0.5, 0.6) is 0 Å². The third kappa shape index (κ3) is 6.31. The van der Waals surface area contributed by atoms with Gasteiger partial charge >= 0.3 is 0 Å². The van der Waals surface area contributed by atoms with Crippen LogP contribution in [0.3, 0.4) is 0 Å². The van der Waals surface area contributed by atoms with Crippen LogP contribution in [-0.4, -0.2) is 76.1 Å². The molecule has 3 saturated heterocycles. The van der Waals surface area contributed by atoms with E-state index in [-0.39, 0.29) is 23.5 Å². The Morgan fingerprint density at radius 1 is 0.938 bits per heavy atom. The molecule has 8 heteroatoms. The van der Waals surface area contributed by atoms with Gasteiger partial charge in [0.25, 0.3) is 5.91 Å². The van der Waals surface area contributed by atoms with Crippen LogP contribution in [0.2, 0.25) is 0 Å². The first kappa shape index (κ1) is 23.7. The van der Waals surface area contributed by atoms with Gasteiger partial charge in [0.05, 0.1) is 11.0 Å². The molecule has 1 atom stereocenters. The lowest BCUT2D eigenvalue weighted by atomic mass is 9.95. The van der Waals surface area contributed by atoms with Crippen LogP contribution in [0.25, 0.3) is 0 Å². The van der Waals surface area contributed by atoms with Crippen LogP contribution >= 0.6 is 0 Å². The maximum Gasteiger partial charge on any atom is 0.253 e. The first-order chi connectivity index (χ1) is 15.5. The molecule has 0 radical (unpaired) electrons. The molecule has 3 heterocycles. The van der Waals surface area contributed by atoms with Gasteiger partial charge < -0.3 is 14.5 Å². The maximum absolute atomic E-state index is 12.9. The van der Waals surface area contributed by atoms with Gasteiger partial charge in [-0.2, -0.15) is 0 Å². The number of nitrogens with zero attached hydrogens (tertiary/aromatic N) is 2. The molecule has 1 N–H and O–H groups in total. The normalized spacial score (nSPS) is 23.9. The summed E-state index contributed by atoms with van der Waals surface area (Å²) in [7, 11) is -3.60. The predicted octanol–water partition coefficient (Wildman–Crippen LogP) is 2.87. The lowest BCUT2D eigenvalue weighted by Gasteiger charge is -2.34. The predicted molar refractivity (Wildman–Crippen MR) is 124 cm³/mol. The summed E-state index contributed by atoms with van der Waals surface area (Å²) >= 11 is 0. The minimum absolute atomic E-state index is 0.00511. The number of hydrogen-bond donors (Lipinski definition) is 1. The summed E-state index contributed by atoms with van der Waals surface area (Å²) in [5.41, 5.74) is 0.550. The first-order valence-electron chi connectivity index (χ1n) is 12.2. The van der Waals surface area contributed by atoms with E-state index < -0.39 is 10.0 Å². The molecular formula is C24H37N3O4S. The van der Waals surface area contributed by atoms with Crippen molar-refractivity contribution in [1.29, 1.82) is 0 Å². The molecule has 1 aromatic carbocycles. The third-order valence-electron chi connectivity index (χ3n) is 7.05. The largest absolute Gasteiger partial charge is 0.377 e. The number of amides is 1. The number of ether oxygens (including phenoxy) is 1. The van der Waals surface area contributed by atoms with Crippen LogP contribution in [0.1, 0.15) is 61.7 Å². The Hall–Kier alpha value is -1.48. The van der Waals surface area contributed by atoms with Crippen molar-refractivity contribution in [2.45, 2.75) is 62.4 Å². The van der Waals surface area contributed by atoms with Crippen molar-refractivity contribution in [3.05, 3.63) is 29.8 Å². The second-order valence-electron chi connectivity index (χ2n) is 9.46. The molecule has 3 aliphatic rings. The Morgan fingerprint density at radius 2 is 1.62 bits per heavy atom. The van der Waals surface area contributed by atoms with Gasteiger partial charge in [-0.05, 0) is 81.8 Å². The van der Waals surface area contributed by atoms with Gasteiger partial charge in [-0.25, -0.2) is 13.1 Å². The smallest absolute Gasteiger partial charge is 0.253 e. The fourth-order valence-electron chi connectivity index (χ4n) is 5.05. The minimum Gasteiger partial charge on any atom is -0.377 e. The van der Waals surface area contributed by atoms with E-state index in [1.807, 2.05) is 4.90 Å². The summed E-state index contributed by atoms with van der Waals surface area (Å²) in [4.78, 5) is 17.6. The van der Waals surface area contributed by atoms with E-state index in [4.69, 9.17) is 4.74 Å². The van der Waals surface area contributed by atoms with Gasteiger partial charge in [-0.1, -0.05) is 12.8 Å². The number of rotatable bonds is 7. The Balaban J connectivity index is 1.26. The van der Waals surface area contributed by atoms with E-state index in [1.165, 1.54) is 50.9 Å². The van der Waals surface area contributed by atoms with E-state index in [0.717, 1.165) is 45.3 Å². The molecular weight excluding hydrogens is 426 g/mol. The molecule has 32 heavy (non-hydrogen) atoms. The molecule has 0 aliphatic carbocycles. The second kappa shape index (κ2) is 11.1. The average molecular weight is 464 g/mol. The molecule has 1 amide bonds. The molecule has 1 aromatic rings. The molecule has 0 bridgehead atoms. The molecule has 4 rings (SSSR count). The van der Waals surface area contributed by atoms with Crippen molar-refractivity contribution in [1.82, 2.24) is 14.5 Å². The zero-order valence-electron chi connectivity index (χ0n) is 19.0. The van der Waals surface area contributed by atoms with E-state index in [1.54, 1.807) is 12.1 Å². The van der Waals surface area contributed by atoms with E-state index in [0.29, 0.717) is 18.1 Å². The number of nitrogens with one attached hydrogen (secondary N) is 1. The van der Waals surface area contributed by atoms with Crippen LogP contribution in [-0.2, 0) is 14.8 Å². The van der Waals surface area contributed by atoms with Crippen molar-refractivity contribution in [3.8, 4) is 0 Å². The fourth-order valence-corrected chi connectivity index (χ4v) is 6.12. The highest BCUT2D eigenvalue weighted by atomic mass is 32.2. The first-order valence-corrected chi connectivity index (χ1v) is 13.7. The van der Waals surface area contributed by atoms with Crippen LogP contribution < -0.4 is 4.72 Å². The molecule has 178 valence electrons. The molecule has 7 nitrogen and oxygen atoms in total. The van der Waals surface area contributed by atoms with E-state index in [9.17, 15) is 13.2 Å². The topological polar surface area (TPSA) is 78.9 Å². The van der Waals surface area contributed by atoms with Gasteiger partial charge in [0.2, 0.25) is 10.0 Å². The molecule has 1 unspecified atom stereocenters. The number of likely N-dealkylation sites (tertiary alicyclic amines) is 2. The molecule has 3 fully saturated rings. The van der Waals surface area contributed by atoms with Crippen LogP contribution in [0.4, 0.5) is 0 Å². The molecule has 3 aliphatic heterocycles. The Morgan fingerprint density at radius 3 is 2.25 bits per heavy atom. The minimum atomic E-state index is -3.60.